The summed E-state index contributed by atoms with van der Waals surface area (Å²) in [7, 11) is 0. The van der Waals surface area contributed by atoms with Crippen molar-refractivity contribution in [1.82, 2.24) is 0 Å². The monoisotopic (exact) mass is 307 g/mol. The van der Waals surface area contributed by atoms with Crippen molar-refractivity contribution in [3.8, 4) is 0 Å². The van der Waals surface area contributed by atoms with E-state index in [0.717, 1.165) is 43.3 Å². The van der Waals surface area contributed by atoms with Crippen molar-refractivity contribution in [1.29, 1.82) is 0 Å². The van der Waals surface area contributed by atoms with Gasteiger partial charge < -0.3 is 9.69 Å². The van der Waals surface area contributed by atoms with Gasteiger partial charge in [-0.2, -0.15) is 0 Å². The normalized spacial score (nSPS) is 25.3. The van der Waals surface area contributed by atoms with Crippen LogP contribution in [0.1, 0.15) is 24.8 Å². The number of anilines is 1. The standard InChI is InChI=1S/C14H14BrNO2/c15-12-4-7-16(13(12)18)11-3-1-2-10(8-11)14(9-17)5-6-14/h1-3,8-9,12H,4-7H2. The van der Waals surface area contributed by atoms with E-state index in [1.54, 1.807) is 4.90 Å². The molecule has 94 valence electrons. The Morgan fingerprint density at radius 2 is 2.17 bits per heavy atom. The molecule has 0 N–H and O–H groups in total. The van der Waals surface area contributed by atoms with Gasteiger partial charge in [-0.05, 0) is 37.0 Å². The molecule has 1 aliphatic carbocycles. The van der Waals surface area contributed by atoms with Crippen LogP contribution in [0.4, 0.5) is 5.69 Å². The fraction of sp³-hybridized carbons (Fsp3) is 0.429. The number of carbonyl (C=O) groups excluding carboxylic acids is 2. The Balaban J connectivity index is 1.92. The number of hydrogen-bond acceptors (Lipinski definition) is 2. The molecule has 2 aliphatic rings. The van der Waals surface area contributed by atoms with Crippen molar-refractivity contribution < 1.29 is 9.59 Å². The Labute approximate surface area is 114 Å². The van der Waals surface area contributed by atoms with Crippen LogP contribution in [-0.2, 0) is 15.0 Å². The van der Waals surface area contributed by atoms with E-state index in [0.29, 0.717) is 0 Å². The molecule has 0 aromatic heterocycles. The van der Waals surface area contributed by atoms with E-state index in [1.807, 2.05) is 24.3 Å². The van der Waals surface area contributed by atoms with Gasteiger partial charge in [-0.1, -0.05) is 28.1 Å². The second kappa shape index (κ2) is 4.19. The van der Waals surface area contributed by atoms with Crippen molar-refractivity contribution >= 4 is 33.8 Å². The first-order chi connectivity index (χ1) is 8.66. The van der Waals surface area contributed by atoms with E-state index in [9.17, 15) is 9.59 Å². The Morgan fingerprint density at radius 3 is 2.72 bits per heavy atom. The molecule has 4 heteroatoms. The molecule has 3 rings (SSSR count). The number of alkyl halides is 1. The van der Waals surface area contributed by atoms with Gasteiger partial charge in [-0.25, -0.2) is 0 Å². The number of benzene rings is 1. The molecule has 18 heavy (non-hydrogen) atoms. The predicted molar refractivity (Wildman–Crippen MR) is 73.1 cm³/mol. The molecule has 1 saturated heterocycles. The summed E-state index contributed by atoms with van der Waals surface area (Å²) in [5, 5.41) is 0. The van der Waals surface area contributed by atoms with Crippen LogP contribution in [-0.4, -0.2) is 23.6 Å². The Hall–Kier alpha value is -1.16. The van der Waals surface area contributed by atoms with Crippen LogP contribution in [0.25, 0.3) is 0 Å². The molecule has 1 aromatic carbocycles. The highest BCUT2D eigenvalue weighted by Crippen LogP contribution is 2.47. The molecule has 0 radical (unpaired) electrons. The number of carbonyl (C=O) groups is 2. The quantitative estimate of drug-likeness (QED) is 0.635. The topological polar surface area (TPSA) is 37.4 Å². The number of rotatable bonds is 3. The average Bonchev–Trinajstić information content (AvgIpc) is 3.13. The van der Waals surface area contributed by atoms with E-state index in [-0.39, 0.29) is 16.1 Å². The molecule has 1 amide bonds. The zero-order valence-electron chi connectivity index (χ0n) is 9.93. The maximum atomic E-state index is 12.0. The van der Waals surface area contributed by atoms with Crippen LogP contribution in [0.15, 0.2) is 24.3 Å². The van der Waals surface area contributed by atoms with Crippen molar-refractivity contribution in [3.63, 3.8) is 0 Å². The third-order valence-corrected chi connectivity index (χ3v) is 4.74. The van der Waals surface area contributed by atoms with Gasteiger partial charge in [0.05, 0.1) is 10.2 Å². The number of nitrogens with zero attached hydrogens (tertiary/aromatic N) is 1. The maximum absolute atomic E-state index is 12.0. The lowest BCUT2D eigenvalue weighted by atomic mass is 9.97. The van der Waals surface area contributed by atoms with Crippen LogP contribution in [0, 0.1) is 0 Å². The van der Waals surface area contributed by atoms with Crippen LogP contribution < -0.4 is 4.90 Å². The summed E-state index contributed by atoms with van der Waals surface area (Å²) in [5.41, 5.74) is 1.68. The molecular weight excluding hydrogens is 294 g/mol. The largest absolute Gasteiger partial charge is 0.311 e. The summed E-state index contributed by atoms with van der Waals surface area (Å²) in [6.07, 6.45) is 3.73. The highest BCUT2D eigenvalue weighted by Gasteiger charge is 2.44. The van der Waals surface area contributed by atoms with Crippen LogP contribution in [0.2, 0.25) is 0 Å². The molecule has 1 aliphatic heterocycles. The highest BCUT2D eigenvalue weighted by atomic mass is 79.9. The van der Waals surface area contributed by atoms with Crippen molar-refractivity contribution in [2.24, 2.45) is 0 Å². The zero-order chi connectivity index (χ0) is 12.8. The molecule has 3 nitrogen and oxygen atoms in total. The molecule has 2 fully saturated rings. The first-order valence-electron chi connectivity index (χ1n) is 6.19. The maximum Gasteiger partial charge on any atom is 0.240 e. The Bertz CT molecular complexity index is 510. The smallest absolute Gasteiger partial charge is 0.240 e. The minimum Gasteiger partial charge on any atom is -0.311 e. The third-order valence-electron chi connectivity index (χ3n) is 3.89. The Morgan fingerprint density at radius 1 is 1.39 bits per heavy atom. The third kappa shape index (κ3) is 1.79. The molecule has 0 bridgehead atoms. The summed E-state index contributed by atoms with van der Waals surface area (Å²) in [4.78, 5) is 24.8. The summed E-state index contributed by atoms with van der Waals surface area (Å²) in [6, 6.07) is 7.85. The van der Waals surface area contributed by atoms with Gasteiger partial charge >= 0.3 is 0 Å². The molecule has 1 aromatic rings. The first-order valence-corrected chi connectivity index (χ1v) is 7.10. The van der Waals surface area contributed by atoms with E-state index in [1.165, 1.54) is 0 Å². The van der Waals surface area contributed by atoms with Gasteiger partial charge in [-0.15, -0.1) is 0 Å². The van der Waals surface area contributed by atoms with Crippen molar-refractivity contribution in [2.75, 3.05) is 11.4 Å². The fourth-order valence-electron chi connectivity index (χ4n) is 2.49. The van der Waals surface area contributed by atoms with E-state index < -0.39 is 0 Å². The minimum absolute atomic E-state index is 0.0675. The molecule has 0 spiro atoms. The minimum atomic E-state index is -0.271. The summed E-state index contributed by atoms with van der Waals surface area (Å²) in [5.74, 6) is 0.114. The number of amides is 1. The van der Waals surface area contributed by atoms with Gasteiger partial charge in [0.2, 0.25) is 5.91 Å². The van der Waals surface area contributed by atoms with Crippen molar-refractivity contribution in [2.45, 2.75) is 29.5 Å². The summed E-state index contributed by atoms with van der Waals surface area (Å²) in [6.45, 7) is 0.742. The number of hydrogen-bond donors (Lipinski definition) is 0. The number of aldehydes is 1. The first kappa shape index (κ1) is 11.9. The van der Waals surface area contributed by atoms with Crippen molar-refractivity contribution in [3.05, 3.63) is 29.8 Å². The predicted octanol–water partition coefficient (Wildman–Crippen LogP) is 2.42. The van der Waals surface area contributed by atoms with Crippen LogP contribution in [0.3, 0.4) is 0 Å². The molecular formula is C14H14BrNO2. The van der Waals surface area contributed by atoms with Gasteiger partial charge in [0.1, 0.15) is 6.29 Å². The lowest BCUT2D eigenvalue weighted by molar-refractivity contribution is -0.116. The second-order valence-electron chi connectivity index (χ2n) is 5.07. The van der Waals surface area contributed by atoms with Gasteiger partial charge in [0.15, 0.2) is 0 Å². The van der Waals surface area contributed by atoms with Crippen LogP contribution >= 0.6 is 15.9 Å². The SMILES string of the molecule is O=CC1(c2cccc(N3CCC(Br)C3=O)c2)CC1. The average molecular weight is 308 g/mol. The zero-order valence-corrected chi connectivity index (χ0v) is 11.5. The number of halogens is 1. The van der Waals surface area contributed by atoms with E-state index in [4.69, 9.17) is 0 Å². The fourth-order valence-corrected chi connectivity index (χ4v) is 2.95. The Kier molecular flexibility index (Phi) is 2.77. The molecule has 1 saturated carbocycles. The van der Waals surface area contributed by atoms with E-state index >= 15 is 0 Å². The van der Waals surface area contributed by atoms with Gasteiger partial charge in [0, 0.05) is 12.2 Å². The molecule has 1 heterocycles. The lowest BCUT2D eigenvalue weighted by Crippen LogP contribution is -2.27. The summed E-state index contributed by atoms with van der Waals surface area (Å²) < 4.78 is 0. The van der Waals surface area contributed by atoms with Crippen LogP contribution in [0.5, 0.6) is 0 Å². The molecule has 1 atom stereocenters. The summed E-state index contributed by atoms with van der Waals surface area (Å²) >= 11 is 3.38. The van der Waals surface area contributed by atoms with E-state index in [2.05, 4.69) is 15.9 Å². The molecule has 1 unspecified atom stereocenters. The highest BCUT2D eigenvalue weighted by molar-refractivity contribution is 9.10. The van der Waals surface area contributed by atoms with Gasteiger partial charge in [0.25, 0.3) is 0 Å². The lowest BCUT2D eigenvalue weighted by Gasteiger charge is -2.18. The second-order valence-corrected chi connectivity index (χ2v) is 6.18. The van der Waals surface area contributed by atoms with Gasteiger partial charge in [-0.3, -0.25) is 4.79 Å².